The van der Waals surface area contributed by atoms with Crippen LogP contribution in [0, 0.1) is 5.82 Å². The molecule has 2 unspecified atom stereocenters. The molecule has 2 atom stereocenters. The molecule has 2 saturated heterocycles. The van der Waals surface area contributed by atoms with Crippen molar-refractivity contribution in [3.63, 3.8) is 0 Å². The lowest BCUT2D eigenvalue weighted by Gasteiger charge is -2.38. The third-order valence-electron chi connectivity index (χ3n) is 8.22. The van der Waals surface area contributed by atoms with Crippen LogP contribution in [0.15, 0.2) is 24.4 Å². The minimum Gasteiger partial charge on any atom is -0.361 e. The maximum atomic E-state index is 14.7. The second-order valence-corrected chi connectivity index (χ2v) is 18.0. The van der Waals surface area contributed by atoms with Crippen LogP contribution in [0.3, 0.4) is 0 Å². The fraction of sp³-hybridized carbons (Fsp3) is 0.556. The van der Waals surface area contributed by atoms with Crippen molar-refractivity contribution in [3.8, 4) is 0 Å². The van der Waals surface area contributed by atoms with E-state index in [4.69, 9.17) is 4.74 Å². The summed E-state index contributed by atoms with van der Waals surface area (Å²) in [7, 11) is 0.769. The van der Waals surface area contributed by atoms with E-state index in [0.29, 0.717) is 43.1 Å². The van der Waals surface area contributed by atoms with Crippen LogP contribution in [0.4, 0.5) is 29.5 Å². The zero-order valence-corrected chi connectivity index (χ0v) is 25.1. The molecule has 1 N–H and O–H groups in total. The van der Waals surface area contributed by atoms with Crippen LogP contribution in [0.25, 0.3) is 16.7 Å². The van der Waals surface area contributed by atoms with Gasteiger partial charge in [0.05, 0.1) is 18.3 Å². The first-order valence-electron chi connectivity index (χ1n) is 14.1. The number of rotatable bonds is 9. The van der Waals surface area contributed by atoms with E-state index < -0.39 is 25.6 Å². The lowest BCUT2D eigenvalue weighted by Crippen LogP contribution is -2.52. The van der Waals surface area contributed by atoms with Crippen LogP contribution < -0.4 is 10.2 Å². The minimum absolute atomic E-state index is 0.0479. The summed E-state index contributed by atoms with van der Waals surface area (Å²) in [5.41, 5.74) is -0.491. The number of halogens is 4. The Labute approximate surface area is 241 Å². The number of hydrogen-bond acceptors (Lipinski definition) is 8. The number of alkyl halides is 3. The van der Waals surface area contributed by atoms with Gasteiger partial charge in [-0.2, -0.15) is 32.8 Å². The van der Waals surface area contributed by atoms with Crippen molar-refractivity contribution < 1.29 is 22.3 Å². The molecule has 226 valence electrons. The first-order valence-corrected chi connectivity index (χ1v) is 17.8. The van der Waals surface area contributed by atoms with E-state index in [1.165, 1.54) is 6.07 Å². The molecule has 10 nitrogen and oxygen atoms in total. The summed E-state index contributed by atoms with van der Waals surface area (Å²) >= 11 is 0. The predicted octanol–water partition coefficient (Wildman–Crippen LogP) is 4.84. The minimum atomic E-state index is -4.63. The van der Waals surface area contributed by atoms with Crippen molar-refractivity contribution in [2.75, 3.05) is 37.0 Å². The second-order valence-electron chi connectivity index (χ2n) is 12.4. The van der Waals surface area contributed by atoms with Crippen molar-refractivity contribution in [2.24, 2.45) is 0 Å². The molecule has 2 bridgehead atoms. The molecule has 42 heavy (non-hydrogen) atoms. The van der Waals surface area contributed by atoms with Crippen molar-refractivity contribution in [1.82, 2.24) is 34.0 Å². The molecule has 2 aliphatic rings. The van der Waals surface area contributed by atoms with Gasteiger partial charge in [-0.1, -0.05) is 25.7 Å². The average molecular weight is 606 g/mol. The molecule has 15 heteroatoms. The van der Waals surface area contributed by atoms with E-state index in [9.17, 15) is 17.6 Å². The Morgan fingerprint density at radius 2 is 1.81 bits per heavy atom. The fourth-order valence-corrected chi connectivity index (χ4v) is 6.49. The second kappa shape index (κ2) is 10.8. The molecular formula is C27H35F4N9OSi. The van der Waals surface area contributed by atoms with E-state index >= 15 is 0 Å². The summed E-state index contributed by atoms with van der Waals surface area (Å²) < 4.78 is 65.2. The number of para-hydroxylation sites is 1. The van der Waals surface area contributed by atoms with Gasteiger partial charge in [0.1, 0.15) is 23.6 Å². The Bertz CT molecular complexity index is 1580. The summed E-state index contributed by atoms with van der Waals surface area (Å²) in [6.07, 6.45) is -1.81. The topological polar surface area (TPSA) is 88.6 Å². The standard InChI is InChI=1S/C27H35F4N9OSi/c1-37-17-8-9-18(37)15-38(14-17)26-35-24-19(27(29,30)31)12-33-40(24)25(36-26)32-13-22-34-23-20(28)6-5-7-21(23)39(22)16-41-10-11-42(2,3)4/h5-7,12,17-18H,8-11,13-16H2,1-4H3,(H,32,35,36). The molecule has 0 spiro atoms. The number of nitrogens with zero attached hydrogens (tertiary/aromatic N) is 8. The van der Waals surface area contributed by atoms with Crippen molar-refractivity contribution in [1.29, 1.82) is 0 Å². The molecule has 5 heterocycles. The SMILES string of the molecule is CN1C2CCC1CN(c1nc(NCc3nc4c(F)cccc4n3COCC[Si](C)(C)C)n3ncc(C(F)(F)F)c3n1)C2. The molecule has 6 rings (SSSR count). The normalized spacial score (nSPS) is 19.9. The molecule has 2 aliphatic heterocycles. The molecule has 1 aromatic carbocycles. The van der Waals surface area contributed by atoms with E-state index in [2.05, 4.69) is 57.0 Å². The third-order valence-corrected chi connectivity index (χ3v) is 9.93. The summed E-state index contributed by atoms with van der Waals surface area (Å²) in [5, 5.41) is 7.10. The summed E-state index contributed by atoms with van der Waals surface area (Å²) in [4.78, 5) is 17.8. The molecule has 2 fully saturated rings. The Kier molecular flexibility index (Phi) is 7.38. The first kappa shape index (κ1) is 28.8. The van der Waals surface area contributed by atoms with Crippen LogP contribution in [0.1, 0.15) is 24.2 Å². The number of nitrogens with one attached hydrogen (secondary N) is 1. The summed E-state index contributed by atoms with van der Waals surface area (Å²) in [5.74, 6) is 0.302. The number of imidazole rings is 1. The number of fused-ring (bicyclic) bond motifs is 4. The van der Waals surface area contributed by atoms with Crippen molar-refractivity contribution >= 4 is 36.7 Å². The number of ether oxygens (including phenoxy) is 1. The van der Waals surface area contributed by atoms with Gasteiger partial charge in [0.2, 0.25) is 11.9 Å². The van der Waals surface area contributed by atoms with Crippen LogP contribution in [0.5, 0.6) is 0 Å². The molecule has 3 aromatic heterocycles. The summed E-state index contributed by atoms with van der Waals surface area (Å²) in [6, 6.07) is 6.28. The van der Waals surface area contributed by atoms with Gasteiger partial charge in [-0.25, -0.2) is 9.37 Å². The van der Waals surface area contributed by atoms with Crippen LogP contribution >= 0.6 is 0 Å². The van der Waals surface area contributed by atoms with Crippen LogP contribution in [0.2, 0.25) is 25.7 Å². The average Bonchev–Trinajstić information content (AvgIpc) is 3.55. The fourth-order valence-electron chi connectivity index (χ4n) is 5.73. The smallest absolute Gasteiger partial charge is 0.361 e. The predicted molar refractivity (Wildman–Crippen MR) is 154 cm³/mol. The van der Waals surface area contributed by atoms with Crippen LogP contribution in [-0.2, 0) is 24.2 Å². The number of benzene rings is 1. The monoisotopic (exact) mass is 605 g/mol. The van der Waals surface area contributed by atoms with Gasteiger partial charge in [-0.3, -0.25) is 4.90 Å². The highest BCUT2D eigenvalue weighted by molar-refractivity contribution is 6.76. The van der Waals surface area contributed by atoms with Crippen molar-refractivity contribution in [2.45, 2.75) is 70.1 Å². The van der Waals surface area contributed by atoms with E-state index in [0.717, 1.165) is 29.6 Å². The largest absolute Gasteiger partial charge is 0.421 e. The van der Waals surface area contributed by atoms with Gasteiger partial charge in [0, 0.05) is 39.9 Å². The number of likely N-dealkylation sites (N-methyl/N-ethyl adjacent to an activating group) is 1. The number of aromatic nitrogens is 6. The van der Waals surface area contributed by atoms with Gasteiger partial charge in [-0.15, -0.1) is 0 Å². The Hall–Kier alpha value is -3.30. The maximum Gasteiger partial charge on any atom is 0.421 e. The number of piperazine rings is 1. The number of hydrogen-bond donors (Lipinski definition) is 1. The Balaban J connectivity index is 1.33. The Morgan fingerprint density at radius 3 is 2.50 bits per heavy atom. The third kappa shape index (κ3) is 5.56. The molecular weight excluding hydrogens is 570 g/mol. The van der Waals surface area contributed by atoms with E-state index in [1.807, 2.05) is 4.90 Å². The molecule has 0 aliphatic carbocycles. The lowest BCUT2D eigenvalue weighted by molar-refractivity contribution is -0.136. The molecule has 0 amide bonds. The maximum absolute atomic E-state index is 14.7. The van der Waals surface area contributed by atoms with Gasteiger partial charge in [0.25, 0.3) is 0 Å². The first-order chi connectivity index (χ1) is 19.9. The highest BCUT2D eigenvalue weighted by Crippen LogP contribution is 2.35. The van der Waals surface area contributed by atoms with E-state index in [1.54, 1.807) is 16.7 Å². The lowest BCUT2D eigenvalue weighted by atomic mass is 10.2. The van der Waals surface area contributed by atoms with Gasteiger partial charge in [0.15, 0.2) is 11.5 Å². The highest BCUT2D eigenvalue weighted by Gasteiger charge is 2.40. The summed E-state index contributed by atoms with van der Waals surface area (Å²) in [6.45, 7) is 8.81. The zero-order valence-electron chi connectivity index (χ0n) is 24.1. The highest BCUT2D eigenvalue weighted by atomic mass is 28.3. The zero-order chi connectivity index (χ0) is 29.8. The Morgan fingerprint density at radius 1 is 1.07 bits per heavy atom. The van der Waals surface area contributed by atoms with Gasteiger partial charge < -0.3 is 19.5 Å². The molecule has 0 saturated carbocycles. The molecule has 4 aromatic rings. The number of anilines is 2. The quantitative estimate of drug-likeness (QED) is 0.165. The van der Waals surface area contributed by atoms with Crippen molar-refractivity contribution in [3.05, 3.63) is 41.6 Å². The van der Waals surface area contributed by atoms with Gasteiger partial charge in [-0.05, 0) is 38.1 Å². The van der Waals surface area contributed by atoms with Crippen LogP contribution in [-0.4, -0.2) is 80.9 Å². The molecule has 0 radical (unpaired) electrons. The van der Waals surface area contributed by atoms with Gasteiger partial charge >= 0.3 is 6.18 Å². The van der Waals surface area contributed by atoms with E-state index in [-0.39, 0.29) is 36.3 Å².